The van der Waals surface area contributed by atoms with Crippen LogP contribution in [-0.4, -0.2) is 53.6 Å². The SMILES string of the molecule is Cc1ccc(CN2CCN(C/C(N)=N/O)CC2)c(Cl)c1. The Kier molecular flexibility index (Phi) is 5.23. The van der Waals surface area contributed by atoms with Crippen molar-refractivity contribution < 1.29 is 5.21 Å². The zero-order valence-corrected chi connectivity index (χ0v) is 12.5. The van der Waals surface area contributed by atoms with Gasteiger partial charge in [0.25, 0.3) is 0 Å². The van der Waals surface area contributed by atoms with E-state index in [0.29, 0.717) is 6.54 Å². The van der Waals surface area contributed by atoms with Crippen LogP contribution in [0.4, 0.5) is 0 Å². The van der Waals surface area contributed by atoms with Gasteiger partial charge in [-0.1, -0.05) is 28.9 Å². The van der Waals surface area contributed by atoms with E-state index < -0.39 is 0 Å². The van der Waals surface area contributed by atoms with Crippen LogP contribution < -0.4 is 5.73 Å². The minimum absolute atomic E-state index is 0.264. The fraction of sp³-hybridized carbons (Fsp3) is 0.500. The lowest BCUT2D eigenvalue weighted by Crippen LogP contribution is -2.48. The molecule has 3 N–H and O–H groups in total. The number of nitrogens with zero attached hydrogens (tertiary/aromatic N) is 3. The first-order valence-electron chi connectivity index (χ1n) is 6.74. The first kappa shape index (κ1) is 15.1. The zero-order valence-electron chi connectivity index (χ0n) is 11.7. The number of aryl methyl sites for hydroxylation is 1. The molecule has 0 atom stereocenters. The van der Waals surface area contributed by atoms with Crippen LogP contribution in [0.15, 0.2) is 23.4 Å². The van der Waals surface area contributed by atoms with Crippen LogP contribution in [0.2, 0.25) is 5.02 Å². The number of hydrogen-bond acceptors (Lipinski definition) is 4. The van der Waals surface area contributed by atoms with Gasteiger partial charge in [-0.05, 0) is 24.1 Å². The molecule has 20 heavy (non-hydrogen) atoms. The van der Waals surface area contributed by atoms with Crippen molar-refractivity contribution in [3.05, 3.63) is 34.3 Å². The summed E-state index contributed by atoms with van der Waals surface area (Å²) < 4.78 is 0. The molecule has 1 aliphatic rings. The number of rotatable bonds is 4. The Morgan fingerprint density at radius 2 is 1.95 bits per heavy atom. The summed E-state index contributed by atoms with van der Waals surface area (Å²) in [5.41, 5.74) is 7.87. The number of hydrogen-bond donors (Lipinski definition) is 2. The van der Waals surface area contributed by atoms with E-state index >= 15 is 0 Å². The van der Waals surface area contributed by atoms with Crippen LogP contribution in [0.3, 0.4) is 0 Å². The van der Waals surface area contributed by atoms with Crippen LogP contribution in [0, 0.1) is 6.92 Å². The second-order valence-electron chi connectivity index (χ2n) is 5.24. The molecule has 1 saturated heterocycles. The third kappa shape index (κ3) is 4.10. The van der Waals surface area contributed by atoms with E-state index in [1.165, 1.54) is 11.1 Å². The largest absolute Gasteiger partial charge is 0.409 e. The highest BCUT2D eigenvalue weighted by molar-refractivity contribution is 6.31. The molecule has 6 heteroatoms. The van der Waals surface area contributed by atoms with Crippen molar-refractivity contribution in [2.75, 3.05) is 32.7 Å². The molecule has 2 rings (SSSR count). The monoisotopic (exact) mass is 296 g/mol. The molecule has 1 aromatic carbocycles. The molecule has 0 unspecified atom stereocenters. The quantitative estimate of drug-likeness (QED) is 0.383. The maximum atomic E-state index is 8.58. The predicted octanol–water partition coefficient (Wildman–Crippen LogP) is 1.51. The third-order valence-corrected chi connectivity index (χ3v) is 3.93. The molecule has 110 valence electrons. The molecule has 1 heterocycles. The maximum Gasteiger partial charge on any atom is 0.153 e. The molecular weight excluding hydrogens is 276 g/mol. The second kappa shape index (κ2) is 6.92. The summed E-state index contributed by atoms with van der Waals surface area (Å²) in [4.78, 5) is 4.56. The van der Waals surface area contributed by atoms with E-state index in [1.807, 2.05) is 13.0 Å². The van der Waals surface area contributed by atoms with Crippen LogP contribution in [0.5, 0.6) is 0 Å². The van der Waals surface area contributed by atoms with E-state index in [0.717, 1.165) is 37.7 Å². The Morgan fingerprint density at radius 1 is 1.30 bits per heavy atom. The van der Waals surface area contributed by atoms with Gasteiger partial charge in [-0.15, -0.1) is 0 Å². The van der Waals surface area contributed by atoms with Gasteiger partial charge in [0.1, 0.15) is 0 Å². The molecule has 1 aromatic rings. The van der Waals surface area contributed by atoms with E-state index in [-0.39, 0.29) is 5.84 Å². The van der Waals surface area contributed by atoms with Crippen molar-refractivity contribution in [1.82, 2.24) is 9.80 Å². The van der Waals surface area contributed by atoms with Crippen LogP contribution in [0.1, 0.15) is 11.1 Å². The summed E-state index contributed by atoms with van der Waals surface area (Å²) in [6, 6.07) is 6.20. The van der Waals surface area contributed by atoms with Gasteiger partial charge in [0.15, 0.2) is 5.84 Å². The first-order valence-corrected chi connectivity index (χ1v) is 7.12. The van der Waals surface area contributed by atoms with Gasteiger partial charge in [0, 0.05) is 37.7 Å². The molecule has 1 aliphatic heterocycles. The summed E-state index contributed by atoms with van der Waals surface area (Å²) >= 11 is 6.27. The minimum atomic E-state index is 0.264. The molecule has 0 amide bonds. The normalized spacial score (nSPS) is 18.4. The molecule has 0 aromatic heterocycles. The molecule has 0 bridgehead atoms. The Bertz CT molecular complexity index is 484. The van der Waals surface area contributed by atoms with E-state index in [9.17, 15) is 0 Å². The lowest BCUT2D eigenvalue weighted by atomic mass is 10.1. The van der Waals surface area contributed by atoms with Gasteiger partial charge in [-0.25, -0.2) is 0 Å². The highest BCUT2D eigenvalue weighted by atomic mass is 35.5. The number of piperazine rings is 1. The summed E-state index contributed by atoms with van der Waals surface area (Å²) in [6.45, 7) is 7.19. The summed E-state index contributed by atoms with van der Waals surface area (Å²) in [6.07, 6.45) is 0. The van der Waals surface area contributed by atoms with Gasteiger partial charge in [-0.2, -0.15) is 0 Å². The zero-order chi connectivity index (χ0) is 14.5. The van der Waals surface area contributed by atoms with Gasteiger partial charge >= 0.3 is 0 Å². The topological polar surface area (TPSA) is 65.1 Å². The summed E-state index contributed by atoms with van der Waals surface area (Å²) in [5.74, 6) is 0.264. The van der Waals surface area contributed by atoms with Gasteiger partial charge in [-0.3, -0.25) is 9.80 Å². The number of oxime groups is 1. The molecule has 0 spiro atoms. The highest BCUT2D eigenvalue weighted by Crippen LogP contribution is 2.19. The van der Waals surface area contributed by atoms with Crippen molar-refractivity contribution >= 4 is 17.4 Å². The van der Waals surface area contributed by atoms with Crippen molar-refractivity contribution in [2.24, 2.45) is 10.9 Å². The Balaban J connectivity index is 1.85. The van der Waals surface area contributed by atoms with Gasteiger partial charge in [0.05, 0.1) is 6.54 Å². The Labute approximate surface area is 124 Å². The van der Waals surface area contributed by atoms with E-state index in [4.69, 9.17) is 22.5 Å². The van der Waals surface area contributed by atoms with Crippen molar-refractivity contribution in [3.63, 3.8) is 0 Å². The van der Waals surface area contributed by atoms with Crippen molar-refractivity contribution in [3.8, 4) is 0 Å². The lowest BCUT2D eigenvalue weighted by Gasteiger charge is -2.34. The molecule has 0 radical (unpaired) electrons. The third-order valence-electron chi connectivity index (χ3n) is 3.58. The van der Waals surface area contributed by atoms with Gasteiger partial charge < -0.3 is 10.9 Å². The number of amidine groups is 1. The average Bonchev–Trinajstić information content (AvgIpc) is 2.44. The second-order valence-corrected chi connectivity index (χ2v) is 5.65. The predicted molar refractivity (Wildman–Crippen MR) is 81.3 cm³/mol. The van der Waals surface area contributed by atoms with Crippen molar-refractivity contribution in [2.45, 2.75) is 13.5 Å². The molecular formula is C14H21ClN4O. The maximum absolute atomic E-state index is 8.58. The number of nitrogens with two attached hydrogens (primary N) is 1. The lowest BCUT2D eigenvalue weighted by molar-refractivity contribution is 0.139. The highest BCUT2D eigenvalue weighted by Gasteiger charge is 2.18. The number of benzene rings is 1. The first-order chi connectivity index (χ1) is 9.58. The average molecular weight is 297 g/mol. The van der Waals surface area contributed by atoms with Crippen LogP contribution >= 0.6 is 11.6 Å². The van der Waals surface area contributed by atoms with Crippen LogP contribution in [-0.2, 0) is 6.54 Å². The molecule has 0 saturated carbocycles. The smallest absolute Gasteiger partial charge is 0.153 e. The Morgan fingerprint density at radius 3 is 2.55 bits per heavy atom. The fourth-order valence-corrected chi connectivity index (χ4v) is 2.68. The standard InChI is InChI=1S/C14H21ClN4O/c1-11-2-3-12(13(15)8-11)9-18-4-6-19(7-5-18)10-14(16)17-20/h2-3,8,20H,4-7,9-10H2,1H3,(H2,16,17). The molecule has 0 aliphatic carbocycles. The summed E-state index contributed by atoms with van der Waals surface area (Å²) in [7, 11) is 0. The minimum Gasteiger partial charge on any atom is -0.409 e. The Hall–Kier alpha value is -1.30. The fourth-order valence-electron chi connectivity index (χ4n) is 2.39. The molecule has 1 fully saturated rings. The van der Waals surface area contributed by atoms with Crippen molar-refractivity contribution in [1.29, 1.82) is 0 Å². The van der Waals surface area contributed by atoms with E-state index in [1.54, 1.807) is 0 Å². The van der Waals surface area contributed by atoms with E-state index in [2.05, 4.69) is 27.1 Å². The molecule has 5 nitrogen and oxygen atoms in total. The van der Waals surface area contributed by atoms with Gasteiger partial charge in [0.2, 0.25) is 0 Å². The van der Waals surface area contributed by atoms with Crippen LogP contribution in [0.25, 0.3) is 0 Å². The number of halogens is 1. The summed E-state index contributed by atoms with van der Waals surface area (Å²) in [5, 5.41) is 12.4.